The van der Waals surface area contributed by atoms with Crippen LogP contribution in [0.2, 0.25) is 0 Å². The minimum Gasteiger partial charge on any atom is -0.389 e. The van der Waals surface area contributed by atoms with Crippen LogP contribution in [0.5, 0.6) is 0 Å². The second-order valence-electron chi connectivity index (χ2n) is 4.11. The van der Waals surface area contributed by atoms with E-state index in [4.69, 9.17) is 11.6 Å². The predicted octanol–water partition coefficient (Wildman–Crippen LogP) is 3.12. The van der Waals surface area contributed by atoms with Gasteiger partial charge in [-0.05, 0) is 24.5 Å². The first-order valence-corrected chi connectivity index (χ1v) is 5.68. The van der Waals surface area contributed by atoms with E-state index >= 15 is 0 Å². The molecular formula is C13H15ClO. The molecule has 0 saturated carbocycles. The van der Waals surface area contributed by atoms with Gasteiger partial charge in [0.1, 0.15) is 0 Å². The van der Waals surface area contributed by atoms with Crippen molar-refractivity contribution in [2.24, 2.45) is 0 Å². The molecule has 0 aromatic rings. The largest absolute Gasteiger partial charge is 0.389 e. The lowest BCUT2D eigenvalue weighted by Gasteiger charge is -2.23. The van der Waals surface area contributed by atoms with Gasteiger partial charge in [0.2, 0.25) is 0 Å². The van der Waals surface area contributed by atoms with Crippen molar-refractivity contribution >= 4 is 11.6 Å². The van der Waals surface area contributed by atoms with Crippen LogP contribution in [0.15, 0.2) is 47.1 Å². The third-order valence-electron chi connectivity index (χ3n) is 2.75. The summed E-state index contributed by atoms with van der Waals surface area (Å²) in [5, 5.41) is 9.72. The van der Waals surface area contributed by atoms with E-state index in [9.17, 15) is 5.11 Å². The zero-order valence-electron chi connectivity index (χ0n) is 8.78. The fourth-order valence-electron chi connectivity index (χ4n) is 2.08. The molecule has 2 atom stereocenters. The van der Waals surface area contributed by atoms with E-state index in [1.807, 2.05) is 19.1 Å². The van der Waals surface area contributed by atoms with Gasteiger partial charge in [0.25, 0.3) is 0 Å². The average Bonchev–Trinajstić information content (AvgIpc) is 2.16. The van der Waals surface area contributed by atoms with Crippen LogP contribution < -0.4 is 0 Å². The normalized spacial score (nSPS) is 30.7. The maximum atomic E-state index is 9.66. The minimum absolute atomic E-state index is 0.0550. The molecule has 0 bridgehead atoms. The van der Waals surface area contributed by atoms with Crippen molar-refractivity contribution in [3.8, 4) is 0 Å². The van der Waals surface area contributed by atoms with Crippen molar-refractivity contribution in [2.45, 2.75) is 31.2 Å². The van der Waals surface area contributed by atoms with E-state index < -0.39 is 0 Å². The Morgan fingerprint density at radius 2 is 2.27 bits per heavy atom. The maximum Gasteiger partial charge on any atom is 0.0766 e. The zero-order valence-corrected chi connectivity index (χ0v) is 9.54. The molecule has 0 amide bonds. The first-order valence-electron chi connectivity index (χ1n) is 5.25. The van der Waals surface area contributed by atoms with Crippen LogP contribution >= 0.6 is 11.6 Å². The summed E-state index contributed by atoms with van der Waals surface area (Å²) < 4.78 is 0. The quantitative estimate of drug-likeness (QED) is 0.676. The zero-order chi connectivity index (χ0) is 10.8. The van der Waals surface area contributed by atoms with Crippen molar-refractivity contribution in [3.05, 3.63) is 47.1 Å². The topological polar surface area (TPSA) is 20.2 Å². The lowest BCUT2D eigenvalue weighted by atomic mass is 9.88. The molecule has 0 aromatic carbocycles. The SMILES string of the molecule is CC1=CC(O)CC(C2=CC=CCC2Cl)=C1. The van der Waals surface area contributed by atoms with Crippen LogP contribution in [0.25, 0.3) is 0 Å². The Balaban J connectivity index is 2.27. The highest BCUT2D eigenvalue weighted by molar-refractivity contribution is 6.23. The molecule has 1 nitrogen and oxygen atoms in total. The Morgan fingerprint density at radius 1 is 1.47 bits per heavy atom. The highest BCUT2D eigenvalue weighted by Crippen LogP contribution is 2.31. The lowest BCUT2D eigenvalue weighted by Crippen LogP contribution is -2.15. The molecule has 1 N–H and O–H groups in total. The van der Waals surface area contributed by atoms with Crippen molar-refractivity contribution in [1.29, 1.82) is 0 Å². The molecule has 0 heterocycles. The van der Waals surface area contributed by atoms with E-state index in [0.29, 0.717) is 6.42 Å². The molecule has 0 fully saturated rings. The highest BCUT2D eigenvalue weighted by Gasteiger charge is 2.20. The van der Waals surface area contributed by atoms with Gasteiger partial charge in [0.05, 0.1) is 11.5 Å². The number of aliphatic hydroxyl groups is 1. The van der Waals surface area contributed by atoms with Gasteiger partial charge in [-0.15, -0.1) is 11.6 Å². The third kappa shape index (κ3) is 2.42. The van der Waals surface area contributed by atoms with E-state index in [1.165, 1.54) is 5.57 Å². The highest BCUT2D eigenvalue weighted by atomic mass is 35.5. The molecule has 80 valence electrons. The third-order valence-corrected chi connectivity index (χ3v) is 3.16. The fourth-order valence-corrected chi connectivity index (χ4v) is 2.40. The van der Waals surface area contributed by atoms with Crippen molar-refractivity contribution in [2.75, 3.05) is 0 Å². The molecule has 2 aliphatic rings. The van der Waals surface area contributed by atoms with Crippen LogP contribution in [0.3, 0.4) is 0 Å². The van der Waals surface area contributed by atoms with Crippen molar-refractivity contribution < 1.29 is 5.11 Å². The number of hydrogen-bond acceptors (Lipinski definition) is 1. The molecule has 15 heavy (non-hydrogen) atoms. The van der Waals surface area contributed by atoms with Crippen LogP contribution in [0.1, 0.15) is 19.8 Å². The van der Waals surface area contributed by atoms with E-state index in [2.05, 4.69) is 18.2 Å². The molecule has 2 aliphatic carbocycles. The Labute approximate surface area is 95.4 Å². The first-order chi connectivity index (χ1) is 7.16. The van der Waals surface area contributed by atoms with E-state index in [-0.39, 0.29) is 11.5 Å². The second kappa shape index (κ2) is 4.38. The number of alkyl halides is 1. The standard InChI is InChI=1S/C13H15ClO/c1-9-6-10(8-11(15)7-9)12-4-2-3-5-13(12)14/h2-4,6-7,11,13,15H,5,8H2,1H3. The van der Waals surface area contributed by atoms with Crippen molar-refractivity contribution in [1.82, 2.24) is 0 Å². The summed E-state index contributed by atoms with van der Waals surface area (Å²) in [5.41, 5.74) is 3.44. The van der Waals surface area contributed by atoms with Gasteiger partial charge in [-0.2, -0.15) is 0 Å². The van der Waals surface area contributed by atoms with Gasteiger partial charge in [-0.3, -0.25) is 0 Å². The van der Waals surface area contributed by atoms with E-state index in [1.54, 1.807) is 0 Å². The average molecular weight is 223 g/mol. The van der Waals surface area contributed by atoms with Gasteiger partial charge in [0.15, 0.2) is 0 Å². The van der Waals surface area contributed by atoms with Gasteiger partial charge in [-0.25, -0.2) is 0 Å². The Bertz CT molecular complexity index is 374. The lowest BCUT2D eigenvalue weighted by molar-refractivity contribution is 0.221. The Morgan fingerprint density at radius 3 is 2.93 bits per heavy atom. The van der Waals surface area contributed by atoms with Crippen LogP contribution in [-0.2, 0) is 0 Å². The molecule has 0 aliphatic heterocycles. The molecule has 0 spiro atoms. The fraction of sp³-hybridized carbons (Fsp3) is 0.385. The second-order valence-corrected chi connectivity index (χ2v) is 4.63. The summed E-state index contributed by atoms with van der Waals surface area (Å²) >= 11 is 6.25. The number of halogens is 1. The summed E-state index contributed by atoms with van der Waals surface area (Å²) in [7, 11) is 0. The molecular weight excluding hydrogens is 208 g/mol. The number of rotatable bonds is 1. The molecule has 2 rings (SSSR count). The Kier molecular flexibility index (Phi) is 3.13. The number of allylic oxidation sites excluding steroid dienone is 6. The number of aliphatic hydroxyl groups excluding tert-OH is 1. The molecule has 2 heteroatoms. The van der Waals surface area contributed by atoms with Crippen molar-refractivity contribution in [3.63, 3.8) is 0 Å². The van der Waals surface area contributed by atoms with Crippen LogP contribution in [0.4, 0.5) is 0 Å². The first kappa shape index (κ1) is 10.7. The Hall–Kier alpha value is -0.790. The minimum atomic E-state index is -0.360. The predicted molar refractivity (Wildman–Crippen MR) is 63.9 cm³/mol. The molecule has 2 unspecified atom stereocenters. The van der Waals surface area contributed by atoms with Gasteiger partial charge in [-0.1, -0.05) is 36.0 Å². The summed E-state index contributed by atoms with van der Waals surface area (Å²) in [6.45, 7) is 2.00. The van der Waals surface area contributed by atoms with Gasteiger partial charge >= 0.3 is 0 Å². The van der Waals surface area contributed by atoms with E-state index in [0.717, 1.165) is 17.6 Å². The smallest absolute Gasteiger partial charge is 0.0766 e. The van der Waals surface area contributed by atoms with Crippen LogP contribution in [0, 0.1) is 0 Å². The summed E-state index contributed by atoms with van der Waals surface area (Å²) in [5.74, 6) is 0. The monoisotopic (exact) mass is 222 g/mol. The van der Waals surface area contributed by atoms with Crippen LogP contribution in [-0.4, -0.2) is 16.6 Å². The molecule has 0 aromatic heterocycles. The summed E-state index contributed by atoms with van der Waals surface area (Å²) in [6, 6.07) is 0. The number of hydrogen-bond donors (Lipinski definition) is 1. The maximum absolute atomic E-state index is 9.66. The van der Waals surface area contributed by atoms with Gasteiger partial charge < -0.3 is 5.11 Å². The summed E-state index contributed by atoms with van der Waals surface area (Å²) in [4.78, 5) is 0. The summed E-state index contributed by atoms with van der Waals surface area (Å²) in [6.07, 6.45) is 11.4. The van der Waals surface area contributed by atoms with Gasteiger partial charge in [0, 0.05) is 6.42 Å². The molecule has 0 saturated heterocycles. The molecule has 0 radical (unpaired) electrons.